The highest BCUT2D eigenvalue weighted by atomic mass is 35.5. The average Bonchev–Trinajstić information content (AvgIpc) is 2.29. The van der Waals surface area contributed by atoms with Crippen LogP contribution in [0.5, 0.6) is 5.75 Å². The van der Waals surface area contributed by atoms with Gasteiger partial charge in [-0.05, 0) is 18.7 Å². The normalized spacial score (nSPS) is 11.1. The topological polar surface area (TPSA) is 61.5 Å². The molecule has 4 nitrogen and oxygen atoms in total. The zero-order valence-corrected chi connectivity index (χ0v) is 9.91. The summed E-state index contributed by atoms with van der Waals surface area (Å²) in [4.78, 5) is 11.3. The van der Waals surface area contributed by atoms with Gasteiger partial charge in [-0.3, -0.25) is 0 Å². The number of esters is 1. The van der Waals surface area contributed by atoms with Crippen LogP contribution in [-0.4, -0.2) is 25.7 Å². The lowest BCUT2D eigenvalue weighted by molar-refractivity contribution is -0.149. The van der Waals surface area contributed by atoms with Crippen molar-refractivity contribution in [3.8, 4) is 5.75 Å². The van der Waals surface area contributed by atoms with Gasteiger partial charge in [0.2, 0.25) is 0 Å². The Labute approximate surface area is 101 Å². The van der Waals surface area contributed by atoms with E-state index in [1.54, 1.807) is 12.1 Å². The number of benzene rings is 1. The van der Waals surface area contributed by atoms with Crippen molar-refractivity contribution >= 4 is 18.4 Å². The Morgan fingerprint density at radius 3 is 2.50 bits per heavy atom. The largest absolute Gasteiger partial charge is 0.479 e. The summed E-state index contributed by atoms with van der Waals surface area (Å²) >= 11 is 0. The van der Waals surface area contributed by atoms with E-state index in [2.05, 4.69) is 4.74 Å². The molecule has 0 bridgehead atoms. The highest BCUT2D eigenvalue weighted by Gasteiger charge is 2.19. The van der Waals surface area contributed by atoms with Gasteiger partial charge in [0.15, 0.2) is 6.10 Å². The third kappa shape index (κ3) is 4.51. The maximum atomic E-state index is 11.3. The van der Waals surface area contributed by atoms with Crippen molar-refractivity contribution in [2.75, 3.05) is 13.7 Å². The van der Waals surface area contributed by atoms with Crippen molar-refractivity contribution in [1.82, 2.24) is 0 Å². The summed E-state index contributed by atoms with van der Waals surface area (Å²) in [5.41, 5.74) is 5.39. The lowest BCUT2D eigenvalue weighted by atomic mass is 10.2. The van der Waals surface area contributed by atoms with Crippen LogP contribution in [0.1, 0.15) is 6.42 Å². The molecule has 0 saturated carbocycles. The number of carbonyl (C=O) groups excluding carboxylic acids is 1. The lowest BCUT2D eigenvalue weighted by Crippen LogP contribution is -2.30. The summed E-state index contributed by atoms with van der Waals surface area (Å²) in [6, 6.07) is 9.13. The first-order chi connectivity index (χ1) is 7.27. The van der Waals surface area contributed by atoms with Gasteiger partial charge < -0.3 is 15.2 Å². The first-order valence-electron chi connectivity index (χ1n) is 4.77. The molecule has 16 heavy (non-hydrogen) atoms. The molecular weight excluding hydrogens is 230 g/mol. The fraction of sp³-hybridized carbons (Fsp3) is 0.364. The van der Waals surface area contributed by atoms with Crippen LogP contribution >= 0.6 is 12.4 Å². The monoisotopic (exact) mass is 245 g/mol. The molecule has 0 amide bonds. The molecule has 0 aromatic heterocycles. The van der Waals surface area contributed by atoms with Crippen molar-refractivity contribution < 1.29 is 14.3 Å². The maximum Gasteiger partial charge on any atom is 0.347 e. The molecule has 5 heteroatoms. The van der Waals surface area contributed by atoms with E-state index in [1.807, 2.05) is 18.2 Å². The van der Waals surface area contributed by atoms with Gasteiger partial charge in [0.05, 0.1) is 7.11 Å². The average molecular weight is 246 g/mol. The van der Waals surface area contributed by atoms with Crippen LogP contribution in [-0.2, 0) is 9.53 Å². The van der Waals surface area contributed by atoms with Crippen molar-refractivity contribution in [2.24, 2.45) is 5.73 Å². The number of para-hydroxylation sites is 1. The Balaban J connectivity index is 0.00000225. The van der Waals surface area contributed by atoms with Crippen LogP contribution < -0.4 is 10.5 Å². The minimum Gasteiger partial charge on any atom is -0.479 e. The molecule has 1 aromatic rings. The summed E-state index contributed by atoms with van der Waals surface area (Å²) in [6.45, 7) is 0.382. The second-order valence-electron chi connectivity index (χ2n) is 3.02. The minimum absolute atomic E-state index is 0. The van der Waals surface area contributed by atoms with E-state index in [1.165, 1.54) is 7.11 Å². The van der Waals surface area contributed by atoms with Gasteiger partial charge in [-0.15, -0.1) is 12.4 Å². The van der Waals surface area contributed by atoms with Gasteiger partial charge >= 0.3 is 5.97 Å². The molecule has 0 spiro atoms. The minimum atomic E-state index is -0.623. The molecule has 0 aliphatic carbocycles. The zero-order chi connectivity index (χ0) is 11.1. The molecule has 2 N–H and O–H groups in total. The highest BCUT2D eigenvalue weighted by Crippen LogP contribution is 2.12. The van der Waals surface area contributed by atoms with Crippen molar-refractivity contribution in [1.29, 1.82) is 0 Å². The van der Waals surface area contributed by atoms with E-state index in [4.69, 9.17) is 10.5 Å². The Morgan fingerprint density at radius 1 is 1.38 bits per heavy atom. The van der Waals surface area contributed by atoms with Crippen molar-refractivity contribution in [2.45, 2.75) is 12.5 Å². The van der Waals surface area contributed by atoms with Crippen LogP contribution in [0.3, 0.4) is 0 Å². The van der Waals surface area contributed by atoms with Gasteiger partial charge in [0.1, 0.15) is 5.75 Å². The summed E-state index contributed by atoms with van der Waals surface area (Å²) < 4.78 is 10.1. The fourth-order valence-corrected chi connectivity index (χ4v) is 1.17. The molecule has 90 valence electrons. The predicted molar refractivity (Wildman–Crippen MR) is 63.8 cm³/mol. The molecule has 0 aliphatic heterocycles. The summed E-state index contributed by atoms with van der Waals surface area (Å²) in [5, 5.41) is 0. The number of carbonyl (C=O) groups is 1. The van der Waals surface area contributed by atoms with E-state index in [9.17, 15) is 4.79 Å². The predicted octanol–water partition coefficient (Wildman–Crippen LogP) is 1.38. The van der Waals surface area contributed by atoms with Gasteiger partial charge in [0.25, 0.3) is 0 Å². The first kappa shape index (κ1) is 14.7. The smallest absolute Gasteiger partial charge is 0.347 e. The Bertz CT molecular complexity index is 305. The molecule has 0 radical (unpaired) electrons. The van der Waals surface area contributed by atoms with Crippen LogP contribution in [0.2, 0.25) is 0 Å². The summed E-state index contributed by atoms with van der Waals surface area (Å²) in [7, 11) is 1.33. The second-order valence-corrected chi connectivity index (χ2v) is 3.02. The third-order valence-corrected chi connectivity index (χ3v) is 1.91. The maximum absolute atomic E-state index is 11.3. The van der Waals surface area contributed by atoms with Crippen LogP contribution in [0, 0.1) is 0 Å². The number of methoxy groups -OCH3 is 1. The molecule has 1 aromatic carbocycles. The zero-order valence-electron chi connectivity index (χ0n) is 9.09. The number of halogens is 1. The first-order valence-corrected chi connectivity index (χ1v) is 4.77. The van der Waals surface area contributed by atoms with Gasteiger partial charge in [-0.1, -0.05) is 18.2 Å². The van der Waals surface area contributed by atoms with Gasteiger partial charge in [-0.25, -0.2) is 4.79 Å². The van der Waals surface area contributed by atoms with Crippen LogP contribution in [0.25, 0.3) is 0 Å². The summed E-state index contributed by atoms with van der Waals surface area (Å²) in [5.74, 6) is 0.241. The molecule has 1 rings (SSSR count). The Kier molecular flexibility index (Phi) is 7.33. The fourth-order valence-electron chi connectivity index (χ4n) is 1.17. The third-order valence-electron chi connectivity index (χ3n) is 1.91. The number of hydrogen-bond acceptors (Lipinski definition) is 4. The molecule has 1 unspecified atom stereocenters. The van der Waals surface area contributed by atoms with Crippen molar-refractivity contribution in [3.63, 3.8) is 0 Å². The second kappa shape index (κ2) is 7.96. The molecule has 0 fully saturated rings. The van der Waals surface area contributed by atoms with E-state index in [-0.39, 0.29) is 12.4 Å². The summed E-state index contributed by atoms with van der Waals surface area (Å²) in [6.07, 6.45) is -0.177. The number of hydrogen-bond donors (Lipinski definition) is 1. The Morgan fingerprint density at radius 2 is 2.00 bits per heavy atom. The molecular formula is C11H16ClNO3. The quantitative estimate of drug-likeness (QED) is 0.796. The lowest BCUT2D eigenvalue weighted by Gasteiger charge is -2.15. The number of rotatable bonds is 5. The SMILES string of the molecule is COC(=O)C(CCN)Oc1ccccc1.Cl. The molecule has 0 heterocycles. The molecule has 1 atom stereocenters. The highest BCUT2D eigenvalue weighted by molar-refractivity contribution is 5.85. The van der Waals surface area contributed by atoms with E-state index in [0.29, 0.717) is 18.7 Å². The van der Waals surface area contributed by atoms with Gasteiger partial charge in [-0.2, -0.15) is 0 Å². The van der Waals surface area contributed by atoms with Crippen LogP contribution in [0.4, 0.5) is 0 Å². The van der Waals surface area contributed by atoms with E-state index < -0.39 is 12.1 Å². The standard InChI is InChI=1S/C11H15NO3.ClH/c1-14-11(13)10(7-8-12)15-9-5-3-2-4-6-9;/h2-6,10H,7-8,12H2,1H3;1H. The number of nitrogens with two attached hydrogens (primary N) is 1. The molecule has 0 saturated heterocycles. The van der Waals surface area contributed by atoms with Crippen molar-refractivity contribution in [3.05, 3.63) is 30.3 Å². The van der Waals surface area contributed by atoms with E-state index >= 15 is 0 Å². The Hall–Kier alpha value is -1.26. The van der Waals surface area contributed by atoms with Crippen LogP contribution in [0.15, 0.2) is 30.3 Å². The molecule has 0 aliphatic rings. The van der Waals surface area contributed by atoms with Gasteiger partial charge in [0, 0.05) is 6.42 Å². The van der Waals surface area contributed by atoms with E-state index in [0.717, 1.165) is 0 Å². The number of ether oxygens (including phenoxy) is 2.